The number of aromatic hydroxyl groups is 1. The number of aromatic nitrogens is 1. The molecular weight excluding hydrogens is 170 g/mol. The number of carbonyl (C=O) groups excluding carboxylic acids is 2. The van der Waals surface area contributed by atoms with Crippen LogP contribution >= 0.6 is 0 Å². The molecule has 0 radical (unpaired) electrons. The van der Waals surface area contributed by atoms with Crippen LogP contribution in [-0.2, 0) is 0 Å². The number of fused-ring (bicyclic) bond motifs is 1. The van der Waals surface area contributed by atoms with Gasteiger partial charge in [-0.05, 0) is 18.2 Å². The van der Waals surface area contributed by atoms with Crippen LogP contribution in [0.25, 0.3) is 0 Å². The lowest BCUT2D eigenvalue weighted by Gasteiger charge is -2.08. The number of carbonyl (C=O) groups is 2. The van der Waals surface area contributed by atoms with Crippen LogP contribution in [0.15, 0.2) is 24.4 Å². The molecule has 0 amide bonds. The van der Waals surface area contributed by atoms with Crippen LogP contribution in [-0.4, -0.2) is 21.7 Å². The Labute approximate surface area is 73.5 Å². The fourth-order valence-electron chi connectivity index (χ4n) is 1.22. The summed E-state index contributed by atoms with van der Waals surface area (Å²) >= 11 is 0. The van der Waals surface area contributed by atoms with Crippen LogP contribution in [0.2, 0.25) is 0 Å². The molecule has 0 spiro atoms. The third kappa shape index (κ3) is 1.03. The second-order valence-corrected chi connectivity index (χ2v) is 2.62. The summed E-state index contributed by atoms with van der Waals surface area (Å²) in [7, 11) is 0. The Balaban J connectivity index is 2.76. The third-order valence-electron chi connectivity index (χ3n) is 1.83. The van der Waals surface area contributed by atoms with Gasteiger partial charge in [-0.25, -0.2) is 4.98 Å². The van der Waals surface area contributed by atoms with Gasteiger partial charge in [0.1, 0.15) is 0 Å². The first kappa shape index (κ1) is 7.67. The van der Waals surface area contributed by atoms with Gasteiger partial charge < -0.3 is 5.11 Å². The molecule has 1 N–H and O–H groups in total. The zero-order valence-electron chi connectivity index (χ0n) is 6.52. The lowest BCUT2D eigenvalue weighted by Crippen LogP contribution is -2.12. The van der Waals surface area contributed by atoms with Crippen molar-refractivity contribution < 1.29 is 14.7 Å². The molecule has 0 atom stereocenters. The van der Waals surface area contributed by atoms with Gasteiger partial charge in [0.15, 0.2) is 11.6 Å². The molecule has 1 aliphatic rings. The molecule has 0 fully saturated rings. The quantitative estimate of drug-likeness (QED) is 0.630. The van der Waals surface area contributed by atoms with Crippen molar-refractivity contribution in [2.24, 2.45) is 0 Å². The molecule has 0 aromatic carbocycles. The fraction of sp³-hybridized carbons (Fsp3) is 0. The van der Waals surface area contributed by atoms with Gasteiger partial charge in [-0.2, -0.15) is 0 Å². The molecule has 2 rings (SSSR count). The van der Waals surface area contributed by atoms with Gasteiger partial charge in [-0.1, -0.05) is 0 Å². The minimum atomic E-state index is -0.389. The SMILES string of the molecule is O=C1C=CC(=O)c2c1ccnc2O. The van der Waals surface area contributed by atoms with Crippen molar-refractivity contribution in [3.8, 4) is 5.88 Å². The maximum Gasteiger partial charge on any atom is 0.222 e. The molecule has 4 nitrogen and oxygen atoms in total. The highest BCUT2D eigenvalue weighted by Gasteiger charge is 2.22. The van der Waals surface area contributed by atoms with E-state index in [0.29, 0.717) is 0 Å². The highest BCUT2D eigenvalue weighted by molar-refractivity contribution is 6.22. The Morgan fingerprint density at radius 3 is 2.54 bits per heavy atom. The zero-order chi connectivity index (χ0) is 9.42. The maximum atomic E-state index is 11.2. The molecule has 0 saturated heterocycles. The molecule has 0 unspecified atom stereocenters. The van der Waals surface area contributed by atoms with Crippen LogP contribution in [0, 0.1) is 0 Å². The van der Waals surface area contributed by atoms with Crippen molar-refractivity contribution in [3.05, 3.63) is 35.5 Å². The first-order valence-electron chi connectivity index (χ1n) is 3.65. The van der Waals surface area contributed by atoms with Gasteiger partial charge in [0.05, 0.1) is 5.56 Å². The summed E-state index contributed by atoms with van der Waals surface area (Å²) in [4.78, 5) is 25.9. The molecule has 0 aliphatic heterocycles. The highest BCUT2D eigenvalue weighted by atomic mass is 16.3. The van der Waals surface area contributed by atoms with E-state index < -0.39 is 0 Å². The van der Waals surface area contributed by atoms with E-state index in [1.165, 1.54) is 18.3 Å². The Bertz CT molecular complexity index is 434. The average Bonchev–Trinajstić information content (AvgIpc) is 2.12. The van der Waals surface area contributed by atoms with Crippen molar-refractivity contribution in [2.75, 3.05) is 0 Å². The van der Waals surface area contributed by atoms with Crippen LogP contribution in [0.3, 0.4) is 0 Å². The Hall–Kier alpha value is -1.97. The van der Waals surface area contributed by atoms with Crippen LogP contribution in [0.1, 0.15) is 20.7 Å². The number of rotatable bonds is 0. The van der Waals surface area contributed by atoms with Crippen molar-refractivity contribution in [3.63, 3.8) is 0 Å². The summed E-state index contributed by atoms with van der Waals surface area (Å²) in [5.41, 5.74) is 0.204. The Morgan fingerprint density at radius 2 is 1.85 bits per heavy atom. The molecule has 1 aromatic rings. The largest absolute Gasteiger partial charge is 0.493 e. The average molecular weight is 175 g/mol. The van der Waals surface area contributed by atoms with Crippen molar-refractivity contribution in [1.82, 2.24) is 4.98 Å². The van der Waals surface area contributed by atoms with Gasteiger partial charge in [-0.15, -0.1) is 0 Å². The summed E-state index contributed by atoms with van der Waals surface area (Å²) < 4.78 is 0. The Kier molecular flexibility index (Phi) is 1.48. The summed E-state index contributed by atoms with van der Waals surface area (Å²) in [6.07, 6.45) is 3.61. The zero-order valence-corrected chi connectivity index (χ0v) is 6.52. The lowest BCUT2D eigenvalue weighted by molar-refractivity contribution is 0.0991. The van der Waals surface area contributed by atoms with Gasteiger partial charge >= 0.3 is 0 Å². The summed E-state index contributed by atoms with van der Waals surface area (Å²) in [6.45, 7) is 0. The molecule has 1 aromatic heterocycles. The molecular formula is C9H5NO3. The van der Waals surface area contributed by atoms with Crippen LogP contribution in [0.4, 0.5) is 0 Å². The fourth-order valence-corrected chi connectivity index (χ4v) is 1.22. The predicted molar refractivity (Wildman–Crippen MR) is 43.7 cm³/mol. The molecule has 13 heavy (non-hydrogen) atoms. The third-order valence-corrected chi connectivity index (χ3v) is 1.83. The van der Waals surface area contributed by atoms with E-state index in [-0.39, 0.29) is 28.6 Å². The molecule has 1 aliphatic carbocycles. The van der Waals surface area contributed by atoms with E-state index in [4.69, 9.17) is 0 Å². The van der Waals surface area contributed by atoms with E-state index in [1.807, 2.05) is 0 Å². The van der Waals surface area contributed by atoms with Crippen molar-refractivity contribution in [2.45, 2.75) is 0 Å². The summed E-state index contributed by atoms with van der Waals surface area (Å²) in [5.74, 6) is -1.06. The molecule has 4 heteroatoms. The summed E-state index contributed by atoms with van der Waals surface area (Å²) in [5, 5.41) is 9.23. The van der Waals surface area contributed by atoms with E-state index in [9.17, 15) is 14.7 Å². The smallest absolute Gasteiger partial charge is 0.222 e. The topological polar surface area (TPSA) is 67.3 Å². The lowest BCUT2D eigenvalue weighted by atomic mass is 9.97. The van der Waals surface area contributed by atoms with Crippen LogP contribution < -0.4 is 0 Å². The summed E-state index contributed by atoms with van der Waals surface area (Å²) in [6, 6.07) is 1.42. The second kappa shape index (κ2) is 2.52. The predicted octanol–water partition coefficient (Wildman–Crippen LogP) is 0.722. The minimum absolute atomic E-state index is 0.00463. The Morgan fingerprint density at radius 1 is 1.15 bits per heavy atom. The van der Waals surface area contributed by atoms with Crippen LogP contribution in [0.5, 0.6) is 5.88 Å². The number of hydrogen-bond donors (Lipinski definition) is 1. The normalized spacial score (nSPS) is 14.5. The van der Waals surface area contributed by atoms with Gasteiger partial charge in [0.25, 0.3) is 0 Å². The molecule has 1 heterocycles. The van der Waals surface area contributed by atoms with E-state index in [2.05, 4.69) is 4.98 Å². The number of allylic oxidation sites excluding steroid dienone is 2. The standard InChI is InChI=1S/C9H5NO3/c11-6-1-2-7(12)8-5(6)3-4-10-9(8)13/h1-4H,(H,10,13). The van der Waals surface area contributed by atoms with Crippen molar-refractivity contribution in [1.29, 1.82) is 0 Å². The monoisotopic (exact) mass is 175 g/mol. The van der Waals surface area contributed by atoms with Gasteiger partial charge in [0, 0.05) is 11.8 Å². The van der Waals surface area contributed by atoms with Gasteiger partial charge in [0.2, 0.25) is 5.88 Å². The van der Waals surface area contributed by atoms with E-state index in [0.717, 1.165) is 6.08 Å². The maximum absolute atomic E-state index is 11.2. The van der Waals surface area contributed by atoms with Crippen molar-refractivity contribution >= 4 is 11.6 Å². The molecule has 64 valence electrons. The number of nitrogens with zero attached hydrogens (tertiary/aromatic N) is 1. The van der Waals surface area contributed by atoms with Gasteiger partial charge in [-0.3, -0.25) is 9.59 Å². The van der Waals surface area contributed by atoms with E-state index in [1.54, 1.807) is 0 Å². The molecule has 0 saturated carbocycles. The number of hydrogen-bond acceptors (Lipinski definition) is 4. The minimum Gasteiger partial charge on any atom is -0.493 e. The second-order valence-electron chi connectivity index (χ2n) is 2.62. The number of pyridine rings is 1. The van der Waals surface area contributed by atoms with E-state index >= 15 is 0 Å². The highest BCUT2D eigenvalue weighted by Crippen LogP contribution is 2.22. The number of ketones is 2. The first-order valence-corrected chi connectivity index (χ1v) is 3.65. The first-order chi connectivity index (χ1) is 6.20. The molecule has 0 bridgehead atoms.